The summed E-state index contributed by atoms with van der Waals surface area (Å²) >= 11 is 3.84. The maximum atomic E-state index is 11.8. The molecule has 0 bridgehead atoms. The van der Waals surface area contributed by atoms with Gasteiger partial charge in [-0.3, -0.25) is 4.90 Å². The van der Waals surface area contributed by atoms with Gasteiger partial charge < -0.3 is 14.6 Å². The minimum Gasteiger partial charge on any atom is -0.467 e. The number of thiol groups is 1. The molecule has 6 nitrogen and oxygen atoms in total. The molecule has 0 aromatic carbocycles. The van der Waals surface area contributed by atoms with Crippen LogP contribution in [0.15, 0.2) is 0 Å². The maximum absolute atomic E-state index is 11.8. The van der Waals surface area contributed by atoms with E-state index in [9.17, 15) is 9.59 Å². The topological polar surface area (TPSA) is 76.1 Å². The lowest BCUT2D eigenvalue weighted by Crippen LogP contribution is -2.43. The molecule has 1 aliphatic heterocycles. The van der Waals surface area contributed by atoms with Crippen LogP contribution in [-0.4, -0.2) is 59.7 Å². The largest absolute Gasteiger partial charge is 0.467 e. The number of ether oxygens (including phenoxy) is 2. The molecule has 0 aromatic heterocycles. The fourth-order valence-corrected chi connectivity index (χ4v) is 1.90. The number of aliphatic hydroxyl groups is 1. The number of rotatable bonds is 3. The van der Waals surface area contributed by atoms with Crippen LogP contribution in [0.4, 0.5) is 4.79 Å². The molecule has 1 rings (SSSR count). The van der Waals surface area contributed by atoms with Gasteiger partial charge in [-0.25, -0.2) is 9.59 Å². The number of amides is 1. The van der Waals surface area contributed by atoms with Crippen molar-refractivity contribution in [1.29, 1.82) is 0 Å². The van der Waals surface area contributed by atoms with Crippen LogP contribution in [0, 0.1) is 0 Å². The smallest absolute Gasteiger partial charge is 0.411 e. The SMILES string of the molecule is COC(=O)C1CCCN1C(=O)OC(C)(C)C.OCCCS. The number of hydrogen-bond acceptors (Lipinski definition) is 6. The van der Waals surface area contributed by atoms with Crippen LogP contribution in [-0.2, 0) is 14.3 Å². The first kappa shape index (κ1) is 20.1. The molecule has 1 atom stereocenters. The molecule has 0 radical (unpaired) electrons. The molecule has 1 fully saturated rings. The predicted molar refractivity (Wildman–Crippen MR) is 83.5 cm³/mol. The van der Waals surface area contributed by atoms with E-state index in [4.69, 9.17) is 9.84 Å². The second-order valence-corrected chi connectivity index (χ2v) is 6.10. The number of carbonyl (C=O) groups excluding carboxylic acids is 2. The van der Waals surface area contributed by atoms with Crippen molar-refractivity contribution in [2.24, 2.45) is 0 Å². The highest BCUT2D eigenvalue weighted by atomic mass is 32.1. The van der Waals surface area contributed by atoms with Gasteiger partial charge in [0, 0.05) is 13.2 Å². The Morgan fingerprint density at radius 2 is 2.00 bits per heavy atom. The van der Waals surface area contributed by atoms with Crippen molar-refractivity contribution in [2.75, 3.05) is 26.0 Å². The Kier molecular flexibility index (Phi) is 9.44. The zero-order valence-electron chi connectivity index (χ0n) is 13.3. The molecule has 21 heavy (non-hydrogen) atoms. The summed E-state index contributed by atoms with van der Waals surface area (Å²) in [5, 5.41) is 8.02. The second-order valence-electron chi connectivity index (χ2n) is 5.66. The van der Waals surface area contributed by atoms with Crippen molar-refractivity contribution in [2.45, 2.75) is 51.7 Å². The van der Waals surface area contributed by atoms with Gasteiger partial charge in [0.1, 0.15) is 11.6 Å². The van der Waals surface area contributed by atoms with Crippen LogP contribution in [0.3, 0.4) is 0 Å². The van der Waals surface area contributed by atoms with Crippen molar-refractivity contribution in [3.63, 3.8) is 0 Å². The Bertz CT molecular complexity index is 328. The van der Waals surface area contributed by atoms with Crippen molar-refractivity contribution in [3.05, 3.63) is 0 Å². The Morgan fingerprint density at radius 1 is 1.38 bits per heavy atom. The molecule has 1 saturated heterocycles. The van der Waals surface area contributed by atoms with Crippen LogP contribution < -0.4 is 0 Å². The van der Waals surface area contributed by atoms with E-state index in [0.29, 0.717) is 13.0 Å². The maximum Gasteiger partial charge on any atom is 0.411 e. The average Bonchev–Trinajstić information content (AvgIpc) is 2.87. The normalized spacial score (nSPS) is 17.8. The van der Waals surface area contributed by atoms with Crippen LogP contribution in [0.5, 0.6) is 0 Å². The quantitative estimate of drug-likeness (QED) is 0.613. The molecule has 124 valence electrons. The zero-order valence-corrected chi connectivity index (χ0v) is 14.2. The molecule has 1 N–H and O–H groups in total. The fourth-order valence-electron chi connectivity index (χ4n) is 1.76. The summed E-state index contributed by atoms with van der Waals surface area (Å²) < 4.78 is 9.88. The predicted octanol–water partition coefficient (Wildman–Crippen LogP) is 1.86. The molecule has 1 amide bonds. The molecule has 0 aromatic rings. The van der Waals surface area contributed by atoms with Crippen molar-refractivity contribution >= 4 is 24.7 Å². The number of hydrogen-bond donors (Lipinski definition) is 2. The summed E-state index contributed by atoms with van der Waals surface area (Å²) in [6.45, 7) is 6.22. The first-order valence-electron chi connectivity index (χ1n) is 7.06. The fraction of sp³-hybridized carbons (Fsp3) is 0.857. The molecule has 1 unspecified atom stereocenters. The van der Waals surface area contributed by atoms with E-state index < -0.39 is 17.7 Å². The number of esters is 1. The lowest BCUT2D eigenvalue weighted by molar-refractivity contribution is -0.145. The highest BCUT2D eigenvalue weighted by Gasteiger charge is 2.37. The minimum atomic E-state index is -0.541. The highest BCUT2D eigenvalue weighted by Crippen LogP contribution is 2.21. The third-order valence-electron chi connectivity index (χ3n) is 2.67. The summed E-state index contributed by atoms with van der Waals surface area (Å²) in [6.07, 6.45) is 1.81. The van der Waals surface area contributed by atoms with E-state index in [-0.39, 0.29) is 12.6 Å². The first-order chi connectivity index (χ1) is 9.76. The second kappa shape index (κ2) is 9.89. The Hall–Kier alpha value is -0.950. The van der Waals surface area contributed by atoms with Crippen LogP contribution in [0.2, 0.25) is 0 Å². The first-order valence-corrected chi connectivity index (χ1v) is 7.69. The van der Waals surface area contributed by atoms with Gasteiger partial charge in [-0.15, -0.1) is 0 Å². The van der Waals surface area contributed by atoms with E-state index in [1.54, 1.807) is 20.8 Å². The molecular formula is C14H27NO5S. The van der Waals surface area contributed by atoms with Crippen molar-refractivity contribution < 1.29 is 24.2 Å². The summed E-state index contributed by atoms with van der Waals surface area (Å²) in [5.41, 5.74) is -0.541. The van der Waals surface area contributed by atoms with Gasteiger partial charge in [-0.2, -0.15) is 12.6 Å². The van der Waals surface area contributed by atoms with Crippen molar-refractivity contribution in [3.8, 4) is 0 Å². The van der Waals surface area contributed by atoms with Crippen LogP contribution in [0.25, 0.3) is 0 Å². The molecule has 1 aliphatic rings. The third kappa shape index (κ3) is 8.16. The molecule has 0 aliphatic carbocycles. The van der Waals surface area contributed by atoms with Crippen LogP contribution in [0.1, 0.15) is 40.0 Å². The van der Waals surface area contributed by atoms with Crippen LogP contribution >= 0.6 is 12.6 Å². The number of aliphatic hydroxyl groups excluding tert-OH is 1. The van der Waals surface area contributed by atoms with Gasteiger partial charge in [0.25, 0.3) is 0 Å². The van der Waals surface area contributed by atoms with Gasteiger partial charge in [0.05, 0.1) is 7.11 Å². The summed E-state index contributed by atoms with van der Waals surface area (Å²) in [7, 11) is 1.33. The Balaban J connectivity index is 0.000000690. The summed E-state index contributed by atoms with van der Waals surface area (Å²) in [5.74, 6) is 0.416. The van der Waals surface area contributed by atoms with E-state index in [1.165, 1.54) is 12.0 Å². The summed E-state index contributed by atoms with van der Waals surface area (Å²) in [4.78, 5) is 24.7. The van der Waals surface area contributed by atoms with E-state index in [2.05, 4.69) is 17.4 Å². The number of carbonyl (C=O) groups is 2. The molecular weight excluding hydrogens is 294 g/mol. The highest BCUT2D eigenvalue weighted by molar-refractivity contribution is 7.80. The molecule has 7 heteroatoms. The van der Waals surface area contributed by atoms with E-state index in [0.717, 1.165) is 18.6 Å². The van der Waals surface area contributed by atoms with Gasteiger partial charge >= 0.3 is 12.1 Å². The van der Waals surface area contributed by atoms with E-state index >= 15 is 0 Å². The number of nitrogens with zero attached hydrogens (tertiary/aromatic N) is 1. The van der Waals surface area contributed by atoms with Crippen molar-refractivity contribution in [1.82, 2.24) is 4.90 Å². The lowest BCUT2D eigenvalue weighted by atomic mass is 10.2. The zero-order chi connectivity index (χ0) is 16.5. The molecule has 1 heterocycles. The van der Waals surface area contributed by atoms with E-state index in [1.807, 2.05) is 0 Å². The third-order valence-corrected chi connectivity index (χ3v) is 2.99. The van der Waals surface area contributed by atoms with Gasteiger partial charge in [0.15, 0.2) is 0 Å². The Labute approximate surface area is 132 Å². The number of methoxy groups -OCH3 is 1. The lowest BCUT2D eigenvalue weighted by Gasteiger charge is -2.27. The average molecular weight is 321 g/mol. The molecule has 0 spiro atoms. The standard InChI is InChI=1S/C11H19NO4.C3H8OS/c1-11(2,3)16-10(14)12-7-5-6-8(12)9(13)15-4;4-2-1-3-5/h8H,5-7H2,1-4H3;4-5H,1-3H2. The van der Waals surface area contributed by atoms with Gasteiger partial charge in [0.2, 0.25) is 0 Å². The van der Waals surface area contributed by atoms with Gasteiger partial charge in [-0.05, 0) is 45.8 Å². The summed E-state index contributed by atoms with van der Waals surface area (Å²) in [6, 6.07) is -0.486. The molecule has 0 saturated carbocycles. The minimum absolute atomic E-state index is 0.267. The monoisotopic (exact) mass is 321 g/mol. The number of likely N-dealkylation sites (tertiary alicyclic amines) is 1. The van der Waals surface area contributed by atoms with Gasteiger partial charge in [-0.1, -0.05) is 0 Å². The Morgan fingerprint density at radius 3 is 2.38 bits per heavy atom.